The molecule has 0 spiro atoms. The molecule has 4 bridgehead atoms. The molecule has 6 heteroatoms. The van der Waals surface area contributed by atoms with Gasteiger partial charge in [0, 0.05) is 45.0 Å². The van der Waals surface area contributed by atoms with Crippen molar-refractivity contribution in [3.8, 4) is 6.07 Å². The van der Waals surface area contributed by atoms with E-state index in [4.69, 9.17) is 5.11 Å². The zero-order valence-corrected chi connectivity index (χ0v) is 17.1. The van der Waals surface area contributed by atoms with Gasteiger partial charge in [-0.2, -0.15) is 5.26 Å². The molecule has 5 fully saturated rings. The van der Waals surface area contributed by atoms with Crippen molar-refractivity contribution in [2.45, 2.75) is 51.5 Å². The van der Waals surface area contributed by atoms with Crippen LogP contribution in [-0.2, 0) is 4.79 Å². The number of hydrogen-bond acceptors (Lipinski definition) is 5. The smallest absolute Gasteiger partial charge is 0.263 e. The van der Waals surface area contributed by atoms with Crippen LogP contribution < -0.4 is 5.32 Å². The van der Waals surface area contributed by atoms with Gasteiger partial charge >= 0.3 is 0 Å². The van der Waals surface area contributed by atoms with Crippen molar-refractivity contribution >= 4 is 5.91 Å². The summed E-state index contributed by atoms with van der Waals surface area (Å²) < 4.78 is 0. The summed E-state index contributed by atoms with van der Waals surface area (Å²) in [5.74, 6) is 2.34. The number of piperazine rings is 1. The monoisotopic (exact) mass is 386 g/mol. The maximum absolute atomic E-state index is 12.8. The van der Waals surface area contributed by atoms with Crippen molar-refractivity contribution in [2.75, 3.05) is 39.3 Å². The number of carbonyl (C=O) groups is 1. The molecule has 1 saturated heterocycles. The fourth-order valence-corrected chi connectivity index (χ4v) is 6.71. The van der Waals surface area contributed by atoms with Gasteiger partial charge in [0.1, 0.15) is 11.6 Å². The summed E-state index contributed by atoms with van der Waals surface area (Å²) in [6.07, 6.45) is 9.66. The Kier molecular flexibility index (Phi) is 5.66. The lowest BCUT2D eigenvalue weighted by atomic mass is 9.48. The number of aliphatic hydroxyl groups excluding tert-OH is 1. The molecule has 0 aromatic heterocycles. The van der Waals surface area contributed by atoms with E-state index in [-0.39, 0.29) is 29.5 Å². The molecule has 5 rings (SSSR count). The van der Waals surface area contributed by atoms with Crippen LogP contribution in [0.5, 0.6) is 0 Å². The van der Waals surface area contributed by atoms with Crippen molar-refractivity contribution in [2.24, 2.45) is 23.2 Å². The van der Waals surface area contributed by atoms with Gasteiger partial charge in [-0.3, -0.25) is 9.69 Å². The van der Waals surface area contributed by atoms with Gasteiger partial charge in [0.15, 0.2) is 0 Å². The minimum Gasteiger partial charge on any atom is -0.395 e. The van der Waals surface area contributed by atoms with Crippen LogP contribution in [0, 0.1) is 34.5 Å². The molecule has 1 aliphatic heterocycles. The van der Waals surface area contributed by atoms with E-state index in [0.717, 1.165) is 43.9 Å². The van der Waals surface area contributed by atoms with E-state index in [1.165, 1.54) is 38.5 Å². The first kappa shape index (κ1) is 19.7. The number of β-amino-alcohol motifs (C(OH)–C–C–N with tert-alkyl or cyclic N) is 1. The Morgan fingerprint density at radius 1 is 1.18 bits per heavy atom. The highest BCUT2D eigenvalue weighted by atomic mass is 16.3. The van der Waals surface area contributed by atoms with Gasteiger partial charge in [0.25, 0.3) is 5.91 Å². The number of rotatable bonds is 6. The molecule has 0 aromatic carbocycles. The molecule has 1 heterocycles. The first-order valence-electron chi connectivity index (χ1n) is 11.0. The quantitative estimate of drug-likeness (QED) is 0.537. The Hall–Kier alpha value is -1.58. The van der Waals surface area contributed by atoms with Crippen LogP contribution >= 0.6 is 0 Å². The third-order valence-electron chi connectivity index (χ3n) is 7.85. The summed E-state index contributed by atoms with van der Waals surface area (Å²) in [5.41, 5.74) is 0.466. The predicted octanol–water partition coefficient (Wildman–Crippen LogP) is 1.72. The molecular formula is C22H34N4O2. The van der Waals surface area contributed by atoms with Crippen LogP contribution in [0.4, 0.5) is 0 Å². The molecular weight excluding hydrogens is 352 g/mol. The minimum absolute atomic E-state index is 0.131. The van der Waals surface area contributed by atoms with Gasteiger partial charge < -0.3 is 15.3 Å². The molecule has 1 unspecified atom stereocenters. The van der Waals surface area contributed by atoms with Crippen LogP contribution in [0.1, 0.15) is 45.4 Å². The standard InChI is InChI=1S/C22H34N4O2/c1-16(22-11-17-8-18(12-22)10-19(9-17)13-22)24-21(28)20(14-23)15-26-4-2-25(3-5-26)6-7-27/h15-19,27H,2-13H2,1H3,(H,24,28)/b20-15-. The van der Waals surface area contributed by atoms with Crippen molar-refractivity contribution in [1.29, 1.82) is 5.26 Å². The zero-order valence-electron chi connectivity index (χ0n) is 17.1. The summed E-state index contributed by atoms with van der Waals surface area (Å²) >= 11 is 0. The van der Waals surface area contributed by atoms with Gasteiger partial charge in [-0.25, -0.2) is 0 Å². The molecule has 4 aliphatic carbocycles. The lowest BCUT2D eigenvalue weighted by Gasteiger charge is -2.59. The van der Waals surface area contributed by atoms with Gasteiger partial charge in [0.2, 0.25) is 0 Å². The van der Waals surface area contributed by atoms with Gasteiger partial charge in [0.05, 0.1) is 6.61 Å². The molecule has 6 nitrogen and oxygen atoms in total. The average Bonchev–Trinajstić information content (AvgIpc) is 2.66. The van der Waals surface area contributed by atoms with E-state index >= 15 is 0 Å². The molecule has 4 saturated carbocycles. The van der Waals surface area contributed by atoms with E-state index in [9.17, 15) is 10.1 Å². The molecule has 0 radical (unpaired) electrons. The van der Waals surface area contributed by atoms with Gasteiger partial charge in [-0.15, -0.1) is 0 Å². The second-order valence-corrected chi connectivity index (χ2v) is 9.73. The Balaban J connectivity index is 1.36. The van der Waals surface area contributed by atoms with Crippen molar-refractivity contribution in [1.82, 2.24) is 15.1 Å². The number of carbonyl (C=O) groups excluding carboxylic acids is 1. The highest BCUT2D eigenvalue weighted by Crippen LogP contribution is 2.61. The van der Waals surface area contributed by atoms with Crippen LogP contribution in [0.3, 0.4) is 0 Å². The molecule has 0 aromatic rings. The number of hydrogen-bond donors (Lipinski definition) is 2. The Morgan fingerprint density at radius 2 is 1.75 bits per heavy atom. The van der Waals surface area contributed by atoms with E-state index in [2.05, 4.69) is 28.1 Å². The average molecular weight is 387 g/mol. The van der Waals surface area contributed by atoms with Gasteiger partial charge in [-0.05, 0) is 68.6 Å². The number of nitrogens with zero attached hydrogens (tertiary/aromatic N) is 3. The normalized spacial score (nSPS) is 36.2. The molecule has 5 aliphatic rings. The highest BCUT2D eigenvalue weighted by Gasteiger charge is 2.53. The van der Waals surface area contributed by atoms with Crippen molar-refractivity contribution in [3.05, 3.63) is 11.8 Å². The number of amides is 1. The van der Waals surface area contributed by atoms with Crippen molar-refractivity contribution in [3.63, 3.8) is 0 Å². The maximum atomic E-state index is 12.8. The van der Waals surface area contributed by atoms with Crippen LogP contribution in [0.2, 0.25) is 0 Å². The summed E-state index contributed by atoms with van der Waals surface area (Å²) in [4.78, 5) is 17.1. The molecule has 2 N–H and O–H groups in total. The van der Waals surface area contributed by atoms with E-state index in [0.29, 0.717) is 6.54 Å². The molecule has 28 heavy (non-hydrogen) atoms. The third-order valence-corrected chi connectivity index (χ3v) is 7.85. The first-order chi connectivity index (χ1) is 13.5. The molecule has 154 valence electrons. The topological polar surface area (TPSA) is 79.6 Å². The summed E-state index contributed by atoms with van der Waals surface area (Å²) in [6.45, 7) is 6.28. The summed E-state index contributed by atoms with van der Waals surface area (Å²) in [6, 6.07) is 2.25. The molecule has 1 amide bonds. The first-order valence-corrected chi connectivity index (χ1v) is 11.0. The third kappa shape index (κ3) is 3.92. The number of aliphatic hydroxyl groups is 1. The summed E-state index contributed by atoms with van der Waals surface area (Å²) in [7, 11) is 0. The van der Waals surface area contributed by atoms with Crippen LogP contribution in [0.15, 0.2) is 11.8 Å². The van der Waals surface area contributed by atoms with E-state index in [1.54, 1.807) is 6.20 Å². The fourth-order valence-electron chi connectivity index (χ4n) is 6.71. The second-order valence-electron chi connectivity index (χ2n) is 9.73. The van der Waals surface area contributed by atoms with E-state index in [1.807, 2.05) is 0 Å². The maximum Gasteiger partial charge on any atom is 0.263 e. The minimum atomic E-state index is -0.219. The number of nitriles is 1. The zero-order chi connectivity index (χ0) is 19.7. The summed E-state index contributed by atoms with van der Waals surface area (Å²) in [5, 5.41) is 21.8. The Labute approximate surface area is 168 Å². The Bertz CT molecular complexity index is 625. The lowest BCUT2D eigenvalue weighted by molar-refractivity contribution is -0.122. The lowest BCUT2D eigenvalue weighted by Crippen LogP contribution is -2.56. The highest BCUT2D eigenvalue weighted by molar-refractivity contribution is 5.97. The second kappa shape index (κ2) is 8.04. The van der Waals surface area contributed by atoms with Gasteiger partial charge in [-0.1, -0.05) is 0 Å². The Morgan fingerprint density at radius 3 is 2.25 bits per heavy atom. The van der Waals surface area contributed by atoms with Crippen LogP contribution in [-0.4, -0.2) is 66.2 Å². The van der Waals surface area contributed by atoms with E-state index < -0.39 is 0 Å². The van der Waals surface area contributed by atoms with Crippen molar-refractivity contribution < 1.29 is 9.90 Å². The molecule has 1 atom stereocenters. The number of nitrogens with one attached hydrogen (secondary N) is 1. The van der Waals surface area contributed by atoms with Crippen LogP contribution in [0.25, 0.3) is 0 Å². The SMILES string of the molecule is CC(NC(=O)/C(C#N)=C\N1CCN(CCO)CC1)C12CC3CC(CC(C3)C1)C2. The largest absolute Gasteiger partial charge is 0.395 e. The predicted molar refractivity (Wildman–Crippen MR) is 107 cm³/mol. The fraction of sp³-hybridized carbons (Fsp3) is 0.818.